The molecule has 0 unspecified atom stereocenters. The van der Waals surface area contributed by atoms with Crippen molar-refractivity contribution < 1.29 is 43.3 Å². The van der Waals surface area contributed by atoms with Crippen LogP contribution >= 0.6 is 0 Å². The van der Waals surface area contributed by atoms with Gasteiger partial charge in [0.1, 0.15) is 0 Å². The van der Waals surface area contributed by atoms with E-state index in [0.29, 0.717) is 62.5 Å². The number of aromatic hydroxyl groups is 2. The largest absolute Gasteiger partial charge is 0.493 e. The molecule has 0 spiro atoms. The first kappa shape index (κ1) is 26.1. The molecule has 2 aromatic rings. The molecule has 3 N–H and O–H groups in total. The maximum Gasteiger partial charge on any atom is 0.493 e. The van der Waals surface area contributed by atoms with Gasteiger partial charge in [-0.1, -0.05) is 18.6 Å². The molecule has 1 aromatic carbocycles. The van der Waals surface area contributed by atoms with Crippen LogP contribution in [0.3, 0.4) is 0 Å². The summed E-state index contributed by atoms with van der Waals surface area (Å²) in [5.41, 5.74) is 2.01. The Bertz CT molecular complexity index is 1020. The summed E-state index contributed by atoms with van der Waals surface area (Å²) < 4.78 is 23.8. The van der Waals surface area contributed by atoms with E-state index >= 15 is 0 Å². The van der Waals surface area contributed by atoms with Gasteiger partial charge in [-0.25, -0.2) is 4.79 Å². The highest BCUT2D eigenvalue weighted by molar-refractivity contribution is 6.74. The SMILES string of the molecule is O=C(CCCCCNC(=O)c1ccc(B2OCCCO2)c(B2OCCCO2)c1)On1c(O)ccc1O. The van der Waals surface area contributed by atoms with Crippen molar-refractivity contribution in [2.45, 2.75) is 38.5 Å². The molecule has 4 rings (SSSR count). The van der Waals surface area contributed by atoms with Crippen LogP contribution in [0.15, 0.2) is 30.3 Å². The molecule has 1 amide bonds. The van der Waals surface area contributed by atoms with Gasteiger partial charge in [0.15, 0.2) is 0 Å². The number of aromatic nitrogens is 1. The number of nitrogens with one attached hydrogen (secondary N) is 1. The van der Waals surface area contributed by atoms with Crippen molar-refractivity contribution in [3.8, 4) is 11.8 Å². The fourth-order valence-electron chi connectivity index (χ4n) is 3.99. The first-order valence-electron chi connectivity index (χ1n) is 12.2. The quantitative estimate of drug-likeness (QED) is 0.307. The molecule has 2 aliphatic rings. The molecule has 13 heteroatoms. The zero-order valence-electron chi connectivity index (χ0n) is 20.0. The first-order valence-corrected chi connectivity index (χ1v) is 12.2. The van der Waals surface area contributed by atoms with Crippen molar-refractivity contribution >= 4 is 37.0 Å². The van der Waals surface area contributed by atoms with Gasteiger partial charge in [0.2, 0.25) is 11.8 Å². The Kier molecular flexibility index (Phi) is 9.29. The fourth-order valence-corrected chi connectivity index (χ4v) is 3.99. The second-order valence-electron chi connectivity index (χ2n) is 8.57. The number of carbonyl (C=O) groups is 2. The van der Waals surface area contributed by atoms with Crippen molar-refractivity contribution in [2.24, 2.45) is 0 Å². The number of amides is 1. The first-order chi connectivity index (χ1) is 17.5. The lowest BCUT2D eigenvalue weighted by molar-refractivity contribution is -0.145. The molecule has 0 bridgehead atoms. The van der Waals surface area contributed by atoms with Crippen molar-refractivity contribution in [3.63, 3.8) is 0 Å². The molecule has 11 nitrogen and oxygen atoms in total. The molecule has 0 atom stereocenters. The van der Waals surface area contributed by atoms with E-state index in [9.17, 15) is 19.8 Å². The van der Waals surface area contributed by atoms with E-state index in [4.69, 9.17) is 23.5 Å². The lowest BCUT2D eigenvalue weighted by atomic mass is 9.63. The van der Waals surface area contributed by atoms with Crippen molar-refractivity contribution in [2.75, 3.05) is 33.0 Å². The van der Waals surface area contributed by atoms with Crippen LogP contribution in [-0.4, -0.2) is 74.0 Å². The minimum absolute atomic E-state index is 0.114. The van der Waals surface area contributed by atoms with Gasteiger partial charge in [0, 0.05) is 57.1 Å². The standard InChI is InChI=1S/C23H30B2N2O9/c28-20-9-10-21(29)27(20)36-22(30)6-2-1-3-11-26-23(31)17-7-8-18(24-32-12-4-13-33-24)19(16-17)25-34-14-5-15-35-25/h7-10,16,28-29H,1-6,11-15H2,(H,26,31). The molecule has 2 fully saturated rings. The van der Waals surface area contributed by atoms with Crippen LogP contribution < -0.4 is 21.1 Å². The van der Waals surface area contributed by atoms with Gasteiger partial charge in [-0.3, -0.25) is 4.79 Å². The zero-order chi connectivity index (χ0) is 25.3. The number of hydrogen-bond donors (Lipinski definition) is 3. The topological polar surface area (TPSA) is 138 Å². The van der Waals surface area contributed by atoms with E-state index in [1.54, 1.807) is 12.1 Å². The van der Waals surface area contributed by atoms with Crippen LogP contribution in [0, 0.1) is 0 Å². The summed E-state index contributed by atoms with van der Waals surface area (Å²) in [4.78, 5) is 29.5. The maximum atomic E-state index is 12.8. The van der Waals surface area contributed by atoms with Crippen LogP contribution in [0.5, 0.6) is 11.8 Å². The average Bonchev–Trinajstić information content (AvgIpc) is 3.23. The van der Waals surface area contributed by atoms with E-state index in [0.717, 1.165) is 23.8 Å². The van der Waals surface area contributed by atoms with Gasteiger partial charge in [0.25, 0.3) is 5.91 Å². The number of unbranched alkanes of at least 4 members (excludes halogenated alkanes) is 2. The monoisotopic (exact) mass is 500 g/mol. The van der Waals surface area contributed by atoms with E-state index < -0.39 is 20.2 Å². The Morgan fingerprint density at radius 1 is 0.861 bits per heavy atom. The van der Waals surface area contributed by atoms with Crippen LogP contribution in [0.25, 0.3) is 0 Å². The summed E-state index contributed by atoms with van der Waals surface area (Å²) in [7, 11) is -1.09. The Balaban J connectivity index is 1.25. The minimum atomic E-state index is -0.578. The molecule has 3 heterocycles. The normalized spacial score (nSPS) is 16.1. The van der Waals surface area contributed by atoms with Crippen LogP contribution in [-0.2, 0) is 23.4 Å². The third-order valence-corrected chi connectivity index (χ3v) is 5.85. The van der Waals surface area contributed by atoms with Gasteiger partial charge in [-0.2, -0.15) is 0 Å². The molecular formula is C23H30B2N2O9. The Morgan fingerprint density at radius 3 is 2.11 bits per heavy atom. The Labute approximate surface area is 209 Å². The second kappa shape index (κ2) is 12.8. The second-order valence-corrected chi connectivity index (χ2v) is 8.57. The predicted octanol–water partition coefficient (Wildman–Crippen LogP) is 0.109. The van der Waals surface area contributed by atoms with Gasteiger partial charge in [0.05, 0.1) is 0 Å². The van der Waals surface area contributed by atoms with E-state index in [-0.39, 0.29) is 24.1 Å². The van der Waals surface area contributed by atoms with Crippen LogP contribution in [0.4, 0.5) is 0 Å². The van der Waals surface area contributed by atoms with E-state index in [2.05, 4.69) is 5.32 Å². The molecule has 2 aliphatic heterocycles. The van der Waals surface area contributed by atoms with Crippen LogP contribution in [0.1, 0.15) is 48.9 Å². The molecule has 36 heavy (non-hydrogen) atoms. The van der Waals surface area contributed by atoms with E-state index in [1.165, 1.54) is 12.1 Å². The van der Waals surface area contributed by atoms with Gasteiger partial charge in [-0.05, 0) is 42.7 Å². The summed E-state index contributed by atoms with van der Waals surface area (Å²) in [5.74, 6) is -1.52. The molecule has 0 radical (unpaired) electrons. The number of rotatable bonds is 10. The molecule has 0 aliphatic carbocycles. The predicted molar refractivity (Wildman–Crippen MR) is 130 cm³/mol. The lowest BCUT2D eigenvalue weighted by Gasteiger charge is -2.26. The Hall–Kier alpha value is -2.99. The fraction of sp³-hybridized carbons (Fsp3) is 0.478. The van der Waals surface area contributed by atoms with Gasteiger partial charge >= 0.3 is 20.2 Å². The minimum Gasteiger partial charge on any atom is -0.492 e. The van der Waals surface area contributed by atoms with Crippen LogP contribution in [0.2, 0.25) is 0 Å². The molecule has 192 valence electrons. The maximum absolute atomic E-state index is 12.8. The molecule has 2 saturated heterocycles. The number of nitrogens with zero attached hydrogens (tertiary/aromatic N) is 1. The average molecular weight is 500 g/mol. The zero-order valence-corrected chi connectivity index (χ0v) is 20.0. The summed E-state index contributed by atoms with van der Waals surface area (Å²) in [5, 5.41) is 21.9. The highest BCUT2D eigenvalue weighted by Crippen LogP contribution is 2.19. The summed E-state index contributed by atoms with van der Waals surface area (Å²) in [6.45, 7) is 2.80. The van der Waals surface area contributed by atoms with E-state index in [1.807, 2.05) is 6.07 Å². The van der Waals surface area contributed by atoms with Gasteiger partial charge in [-0.15, -0.1) is 4.73 Å². The Morgan fingerprint density at radius 2 is 1.47 bits per heavy atom. The summed E-state index contributed by atoms with van der Waals surface area (Å²) in [6, 6.07) is 7.76. The molecule has 0 saturated carbocycles. The third-order valence-electron chi connectivity index (χ3n) is 5.85. The summed E-state index contributed by atoms with van der Waals surface area (Å²) >= 11 is 0. The number of hydrogen-bond acceptors (Lipinski definition) is 9. The van der Waals surface area contributed by atoms with Crippen molar-refractivity contribution in [1.82, 2.24) is 10.0 Å². The van der Waals surface area contributed by atoms with Gasteiger partial charge < -0.3 is 39.0 Å². The van der Waals surface area contributed by atoms with Crippen molar-refractivity contribution in [1.29, 1.82) is 0 Å². The highest BCUT2D eigenvalue weighted by atomic mass is 16.7. The number of carbonyl (C=O) groups excluding carboxylic acids is 2. The lowest BCUT2D eigenvalue weighted by Crippen LogP contribution is -2.56. The van der Waals surface area contributed by atoms with Crippen molar-refractivity contribution in [3.05, 3.63) is 35.9 Å². The summed E-state index contributed by atoms with van der Waals surface area (Å²) in [6.07, 6.45) is 3.66. The third kappa shape index (κ3) is 6.82. The molecule has 1 aromatic heterocycles. The smallest absolute Gasteiger partial charge is 0.492 e. The number of benzene rings is 1. The molecular weight excluding hydrogens is 470 g/mol. The highest BCUT2D eigenvalue weighted by Gasteiger charge is 2.35.